The molecule has 1 saturated carbocycles. The van der Waals surface area contributed by atoms with Crippen LogP contribution in [0.4, 0.5) is 0 Å². The first-order chi connectivity index (χ1) is 12.5. The zero-order valence-corrected chi connectivity index (χ0v) is 16.7. The summed E-state index contributed by atoms with van der Waals surface area (Å²) in [5, 5.41) is 3.00. The molecule has 3 rings (SSSR count). The number of carbonyl (C=O) groups excluding carboxylic acids is 2. The molecule has 1 aromatic carbocycles. The van der Waals surface area contributed by atoms with E-state index in [1.807, 2.05) is 0 Å². The molecule has 26 heavy (non-hydrogen) atoms. The molecule has 1 aromatic rings. The number of halogens is 1. The van der Waals surface area contributed by atoms with Crippen LogP contribution in [0, 0.1) is 0 Å². The van der Waals surface area contributed by atoms with E-state index in [9.17, 15) is 9.59 Å². The Bertz CT molecular complexity index is 685. The summed E-state index contributed by atoms with van der Waals surface area (Å²) in [6.07, 6.45) is 2.18. The third kappa shape index (κ3) is 4.48. The molecule has 1 aliphatic heterocycles. The van der Waals surface area contributed by atoms with Crippen LogP contribution >= 0.6 is 15.9 Å². The summed E-state index contributed by atoms with van der Waals surface area (Å²) in [6.45, 7) is 2.90. The Labute approximate surface area is 161 Å². The van der Waals surface area contributed by atoms with Crippen molar-refractivity contribution in [2.75, 3.05) is 46.9 Å². The number of piperazine rings is 1. The Hall–Kier alpha value is -1.80. The second-order valence-corrected chi connectivity index (χ2v) is 7.45. The lowest BCUT2D eigenvalue weighted by Crippen LogP contribution is -2.51. The lowest BCUT2D eigenvalue weighted by molar-refractivity contribution is -0.122. The molecule has 1 N–H and O–H groups in total. The molecule has 2 fully saturated rings. The lowest BCUT2D eigenvalue weighted by Gasteiger charge is -2.34. The quantitative estimate of drug-likeness (QED) is 0.747. The summed E-state index contributed by atoms with van der Waals surface area (Å²) < 4.78 is 11.3. The number of hydrogen-bond acceptors (Lipinski definition) is 5. The van der Waals surface area contributed by atoms with Crippen molar-refractivity contribution in [1.82, 2.24) is 15.1 Å². The van der Waals surface area contributed by atoms with Gasteiger partial charge in [0.15, 0.2) is 0 Å². The van der Waals surface area contributed by atoms with Gasteiger partial charge in [0.05, 0.1) is 30.8 Å². The van der Waals surface area contributed by atoms with Crippen LogP contribution in [0.15, 0.2) is 16.6 Å². The standard InChI is InChI=1S/C18H24BrN3O4/c1-25-13-9-14(17(26-2)15(19)10-13)18(24)22-7-5-21(6-8-22)11-16(23)20-12-3-4-12/h9-10,12H,3-8,11H2,1-2H3,(H,20,23). The van der Waals surface area contributed by atoms with E-state index in [-0.39, 0.29) is 11.8 Å². The number of hydrogen-bond donors (Lipinski definition) is 1. The first-order valence-electron chi connectivity index (χ1n) is 8.74. The summed E-state index contributed by atoms with van der Waals surface area (Å²) in [5.74, 6) is 1.08. The maximum atomic E-state index is 13.0. The van der Waals surface area contributed by atoms with Crippen LogP contribution in [0.25, 0.3) is 0 Å². The van der Waals surface area contributed by atoms with Gasteiger partial charge in [0.1, 0.15) is 11.5 Å². The molecule has 0 unspecified atom stereocenters. The van der Waals surface area contributed by atoms with Crippen LogP contribution in [-0.4, -0.2) is 74.6 Å². The van der Waals surface area contributed by atoms with Crippen LogP contribution in [0.2, 0.25) is 0 Å². The Balaban J connectivity index is 1.61. The second kappa shape index (κ2) is 8.26. The predicted octanol–water partition coefficient (Wildman–Crippen LogP) is 1.50. The molecule has 2 aliphatic rings. The molecule has 1 heterocycles. The SMILES string of the molecule is COc1cc(Br)c(OC)c(C(=O)N2CCN(CC(=O)NC3CC3)CC2)c1. The fourth-order valence-corrected chi connectivity index (χ4v) is 3.64. The van der Waals surface area contributed by atoms with Crippen LogP contribution in [0.5, 0.6) is 11.5 Å². The van der Waals surface area contributed by atoms with Gasteiger partial charge in [0.2, 0.25) is 5.91 Å². The van der Waals surface area contributed by atoms with Gasteiger partial charge in [0, 0.05) is 32.2 Å². The van der Waals surface area contributed by atoms with Crippen molar-refractivity contribution in [2.45, 2.75) is 18.9 Å². The summed E-state index contributed by atoms with van der Waals surface area (Å²) in [5.41, 5.74) is 0.471. The Morgan fingerprint density at radius 1 is 1.15 bits per heavy atom. The molecule has 1 aliphatic carbocycles. The monoisotopic (exact) mass is 425 g/mol. The van der Waals surface area contributed by atoms with Gasteiger partial charge in [-0.2, -0.15) is 0 Å². The Morgan fingerprint density at radius 3 is 2.42 bits per heavy atom. The average molecular weight is 426 g/mol. The third-order valence-electron chi connectivity index (χ3n) is 4.66. The van der Waals surface area contributed by atoms with Gasteiger partial charge in [-0.25, -0.2) is 0 Å². The molecule has 7 nitrogen and oxygen atoms in total. The number of nitrogens with one attached hydrogen (secondary N) is 1. The molecule has 0 radical (unpaired) electrons. The fourth-order valence-electron chi connectivity index (χ4n) is 3.04. The molecular weight excluding hydrogens is 402 g/mol. The normalized spacial score (nSPS) is 17.7. The first-order valence-corrected chi connectivity index (χ1v) is 9.53. The molecule has 2 amide bonds. The number of ether oxygens (including phenoxy) is 2. The number of rotatable bonds is 6. The van der Waals surface area contributed by atoms with Gasteiger partial charge >= 0.3 is 0 Å². The van der Waals surface area contributed by atoms with Gasteiger partial charge in [-0.3, -0.25) is 14.5 Å². The molecule has 0 atom stereocenters. The van der Waals surface area contributed by atoms with Gasteiger partial charge in [-0.05, 0) is 40.9 Å². The topological polar surface area (TPSA) is 71.1 Å². The summed E-state index contributed by atoms with van der Waals surface area (Å²) in [6, 6.07) is 3.84. The minimum atomic E-state index is -0.0940. The van der Waals surface area contributed by atoms with Crippen molar-refractivity contribution >= 4 is 27.7 Å². The zero-order valence-electron chi connectivity index (χ0n) is 15.1. The van der Waals surface area contributed by atoms with Crippen LogP contribution in [0.1, 0.15) is 23.2 Å². The van der Waals surface area contributed by atoms with Crippen molar-refractivity contribution in [3.8, 4) is 11.5 Å². The largest absolute Gasteiger partial charge is 0.497 e. The molecule has 142 valence electrons. The van der Waals surface area contributed by atoms with E-state index in [1.54, 1.807) is 31.3 Å². The van der Waals surface area contributed by atoms with Crippen molar-refractivity contribution in [1.29, 1.82) is 0 Å². The van der Waals surface area contributed by atoms with E-state index in [2.05, 4.69) is 26.1 Å². The summed E-state index contributed by atoms with van der Waals surface area (Å²) in [4.78, 5) is 28.7. The number of methoxy groups -OCH3 is 2. The highest BCUT2D eigenvalue weighted by atomic mass is 79.9. The highest BCUT2D eigenvalue weighted by Gasteiger charge is 2.28. The highest BCUT2D eigenvalue weighted by molar-refractivity contribution is 9.10. The smallest absolute Gasteiger partial charge is 0.257 e. The predicted molar refractivity (Wildman–Crippen MR) is 101 cm³/mol. The molecule has 1 saturated heterocycles. The van der Waals surface area contributed by atoms with Gasteiger partial charge in [-0.1, -0.05) is 0 Å². The molecular formula is C18H24BrN3O4. The molecule has 8 heteroatoms. The molecule has 0 spiro atoms. The summed E-state index contributed by atoms with van der Waals surface area (Å²) >= 11 is 3.42. The van der Waals surface area contributed by atoms with Crippen molar-refractivity contribution in [2.24, 2.45) is 0 Å². The van der Waals surface area contributed by atoms with E-state index in [0.29, 0.717) is 60.3 Å². The fraction of sp³-hybridized carbons (Fsp3) is 0.556. The maximum absolute atomic E-state index is 13.0. The van der Waals surface area contributed by atoms with Crippen LogP contribution in [-0.2, 0) is 4.79 Å². The zero-order chi connectivity index (χ0) is 18.7. The van der Waals surface area contributed by atoms with Crippen molar-refractivity contribution in [3.63, 3.8) is 0 Å². The van der Waals surface area contributed by atoms with Gasteiger partial charge in [0.25, 0.3) is 5.91 Å². The van der Waals surface area contributed by atoms with Crippen LogP contribution < -0.4 is 14.8 Å². The maximum Gasteiger partial charge on any atom is 0.257 e. The first kappa shape index (κ1) is 19.0. The van der Waals surface area contributed by atoms with Gasteiger partial charge < -0.3 is 19.7 Å². The number of amides is 2. The second-order valence-electron chi connectivity index (χ2n) is 6.60. The number of carbonyl (C=O) groups is 2. The van der Waals surface area contributed by atoms with E-state index in [1.165, 1.54) is 0 Å². The van der Waals surface area contributed by atoms with Crippen molar-refractivity contribution in [3.05, 3.63) is 22.2 Å². The number of nitrogens with zero attached hydrogens (tertiary/aromatic N) is 2. The minimum absolute atomic E-state index is 0.0747. The van der Waals surface area contributed by atoms with E-state index < -0.39 is 0 Å². The van der Waals surface area contributed by atoms with E-state index in [0.717, 1.165) is 12.8 Å². The lowest BCUT2D eigenvalue weighted by atomic mass is 10.1. The van der Waals surface area contributed by atoms with E-state index >= 15 is 0 Å². The Morgan fingerprint density at radius 2 is 1.85 bits per heavy atom. The number of benzene rings is 1. The van der Waals surface area contributed by atoms with Gasteiger partial charge in [-0.15, -0.1) is 0 Å². The Kier molecular flexibility index (Phi) is 6.03. The molecule has 0 aromatic heterocycles. The summed E-state index contributed by atoms with van der Waals surface area (Å²) in [7, 11) is 3.10. The highest BCUT2D eigenvalue weighted by Crippen LogP contribution is 2.34. The van der Waals surface area contributed by atoms with Crippen LogP contribution in [0.3, 0.4) is 0 Å². The van der Waals surface area contributed by atoms with Crippen molar-refractivity contribution < 1.29 is 19.1 Å². The minimum Gasteiger partial charge on any atom is -0.497 e. The average Bonchev–Trinajstić information content (AvgIpc) is 3.44. The third-order valence-corrected chi connectivity index (χ3v) is 5.25. The molecule has 0 bridgehead atoms. The van der Waals surface area contributed by atoms with E-state index in [4.69, 9.17) is 9.47 Å².